The Kier molecular flexibility index (Phi) is 5.16. The van der Waals surface area contributed by atoms with Crippen molar-refractivity contribution >= 4 is 16.9 Å². The highest BCUT2D eigenvalue weighted by atomic mass is 16.5. The first-order chi connectivity index (χ1) is 12.9. The molecule has 0 aliphatic carbocycles. The van der Waals surface area contributed by atoms with Crippen molar-refractivity contribution in [3.63, 3.8) is 0 Å². The third-order valence-corrected chi connectivity index (χ3v) is 4.53. The molecule has 0 saturated carbocycles. The fourth-order valence-electron chi connectivity index (χ4n) is 2.96. The minimum absolute atomic E-state index is 0.105. The maximum Gasteiger partial charge on any atom is 0.340 e. The third-order valence-electron chi connectivity index (χ3n) is 4.53. The van der Waals surface area contributed by atoms with Gasteiger partial charge < -0.3 is 23.8 Å². The van der Waals surface area contributed by atoms with Crippen LogP contribution >= 0.6 is 0 Å². The predicted octanol–water partition coefficient (Wildman–Crippen LogP) is 2.29. The van der Waals surface area contributed by atoms with Crippen molar-refractivity contribution in [2.45, 2.75) is 26.9 Å². The average molecular weight is 367 g/mol. The first kappa shape index (κ1) is 18.5. The van der Waals surface area contributed by atoms with Gasteiger partial charge in [0.1, 0.15) is 23.7 Å². The number of carboxylic acids is 1. The lowest BCUT2D eigenvalue weighted by molar-refractivity contribution is -0.304. The van der Waals surface area contributed by atoms with Gasteiger partial charge in [-0.05, 0) is 49.2 Å². The highest BCUT2D eigenvalue weighted by Crippen LogP contribution is 2.30. The van der Waals surface area contributed by atoms with Gasteiger partial charge in [0.05, 0.1) is 7.11 Å². The minimum Gasteiger partial charge on any atom is -0.550 e. The lowest BCUT2D eigenvalue weighted by Gasteiger charge is -2.13. The van der Waals surface area contributed by atoms with Crippen molar-refractivity contribution in [2.24, 2.45) is 0 Å². The van der Waals surface area contributed by atoms with Crippen molar-refractivity contribution in [3.05, 3.63) is 69.1 Å². The van der Waals surface area contributed by atoms with Gasteiger partial charge in [0, 0.05) is 28.9 Å². The van der Waals surface area contributed by atoms with Gasteiger partial charge in [-0.2, -0.15) is 0 Å². The van der Waals surface area contributed by atoms with Crippen LogP contribution in [0.2, 0.25) is 0 Å². The SMILES string of the molecule is COc1ccc(COc2ccc3c(C)c(CC(=O)[O-])c(=O)oc3c2C)cc1. The van der Waals surface area contributed by atoms with Crippen LogP contribution in [0.25, 0.3) is 11.0 Å². The maximum atomic E-state index is 12.2. The van der Waals surface area contributed by atoms with Crippen molar-refractivity contribution < 1.29 is 23.8 Å². The fourth-order valence-corrected chi connectivity index (χ4v) is 2.96. The average Bonchev–Trinajstić information content (AvgIpc) is 2.65. The van der Waals surface area contributed by atoms with E-state index in [-0.39, 0.29) is 5.56 Å². The maximum absolute atomic E-state index is 12.2. The van der Waals surface area contributed by atoms with Gasteiger partial charge in [0.15, 0.2) is 0 Å². The molecule has 3 aromatic rings. The van der Waals surface area contributed by atoms with Gasteiger partial charge in [-0.15, -0.1) is 0 Å². The molecule has 0 unspecified atom stereocenters. The van der Waals surface area contributed by atoms with Gasteiger partial charge in [-0.25, -0.2) is 4.79 Å². The molecule has 6 nitrogen and oxygen atoms in total. The third kappa shape index (κ3) is 3.79. The summed E-state index contributed by atoms with van der Waals surface area (Å²) in [4.78, 5) is 23.1. The van der Waals surface area contributed by atoms with Gasteiger partial charge in [-0.1, -0.05) is 12.1 Å². The van der Waals surface area contributed by atoms with Gasteiger partial charge >= 0.3 is 5.63 Å². The molecule has 0 atom stereocenters. The molecule has 0 amide bonds. The second kappa shape index (κ2) is 7.53. The molecule has 6 heteroatoms. The summed E-state index contributed by atoms with van der Waals surface area (Å²) in [7, 11) is 1.61. The van der Waals surface area contributed by atoms with E-state index in [9.17, 15) is 14.7 Å². The molecular formula is C21H19O6-. The molecule has 0 aliphatic rings. The Morgan fingerprint density at radius 3 is 2.41 bits per heavy atom. The Balaban J connectivity index is 1.92. The molecule has 140 valence electrons. The standard InChI is InChI=1S/C21H20O6/c1-12-16-8-9-18(26-11-14-4-6-15(25-3)7-5-14)13(2)20(16)27-21(24)17(12)10-19(22)23/h4-9H,10-11H2,1-3H3,(H,22,23)/p-1. The van der Waals surface area contributed by atoms with Crippen LogP contribution in [-0.4, -0.2) is 13.1 Å². The number of benzene rings is 2. The quantitative estimate of drug-likeness (QED) is 0.621. The number of rotatable bonds is 6. The molecule has 27 heavy (non-hydrogen) atoms. The van der Waals surface area contributed by atoms with Crippen LogP contribution in [0, 0.1) is 13.8 Å². The van der Waals surface area contributed by atoms with Crippen LogP contribution in [0.4, 0.5) is 0 Å². The summed E-state index contributed by atoms with van der Waals surface area (Å²) >= 11 is 0. The van der Waals surface area contributed by atoms with Crippen molar-refractivity contribution in [2.75, 3.05) is 7.11 Å². The molecule has 0 saturated heterocycles. The lowest BCUT2D eigenvalue weighted by atomic mass is 10.0. The summed E-state index contributed by atoms with van der Waals surface area (Å²) in [6.45, 7) is 3.85. The first-order valence-corrected chi connectivity index (χ1v) is 8.42. The molecule has 0 spiro atoms. The van der Waals surface area contributed by atoms with E-state index >= 15 is 0 Å². The van der Waals surface area contributed by atoms with Crippen molar-refractivity contribution in [1.29, 1.82) is 0 Å². The Morgan fingerprint density at radius 2 is 1.78 bits per heavy atom. The predicted molar refractivity (Wildman–Crippen MR) is 98.0 cm³/mol. The smallest absolute Gasteiger partial charge is 0.340 e. The van der Waals surface area contributed by atoms with Crippen molar-refractivity contribution in [1.82, 2.24) is 0 Å². The highest BCUT2D eigenvalue weighted by molar-refractivity contribution is 5.86. The van der Waals surface area contributed by atoms with Crippen LogP contribution in [0.5, 0.6) is 11.5 Å². The Hall–Kier alpha value is -3.28. The molecular weight excluding hydrogens is 348 g/mol. The van der Waals surface area contributed by atoms with Crippen LogP contribution < -0.4 is 20.2 Å². The monoisotopic (exact) mass is 367 g/mol. The number of carboxylic acid groups (broad SMARTS) is 1. The largest absolute Gasteiger partial charge is 0.550 e. The highest BCUT2D eigenvalue weighted by Gasteiger charge is 2.15. The fraction of sp³-hybridized carbons (Fsp3) is 0.238. The minimum atomic E-state index is -1.32. The second-order valence-corrected chi connectivity index (χ2v) is 6.24. The Labute approximate surface area is 156 Å². The van der Waals surface area contributed by atoms with Gasteiger partial charge in [0.2, 0.25) is 0 Å². The van der Waals surface area contributed by atoms with Crippen LogP contribution in [-0.2, 0) is 17.8 Å². The summed E-state index contributed by atoms with van der Waals surface area (Å²) < 4.78 is 16.4. The zero-order chi connectivity index (χ0) is 19.6. The van der Waals surface area contributed by atoms with E-state index in [2.05, 4.69) is 0 Å². The van der Waals surface area contributed by atoms with Crippen LogP contribution in [0.3, 0.4) is 0 Å². The zero-order valence-electron chi connectivity index (χ0n) is 15.3. The summed E-state index contributed by atoms with van der Waals surface area (Å²) in [5, 5.41) is 11.6. The number of aryl methyl sites for hydroxylation is 2. The first-order valence-electron chi connectivity index (χ1n) is 8.42. The molecule has 3 rings (SSSR count). The molecule has 0 radical (unpaired) electrons. The number of hydrogen-bond donors (Lipinski definition) is 0. The lowest BCUT2D eigenvalue weighted by Crippen LogP contribution is -2.27. The van der Waals surface area contributed by atoms with Crippen LogP contribution in [0.15, 0.2) is 45.6 Å². The summed E-state index contributed by atoms with van der Waals surface area (Å²) in [5.41, 5.74) is 2.06. The Bertz CT molecular complexity index is 1050. The van der Waals surface area contributed by atoms with Crippen molar-refractivity contribution in [3.8, 4) is 11.5 Å². The van der Waals surface area contributed by atoms with E-state index in [4.69, 9.17) is 13.9 Å². The van der Waals surface area contributed by atoms with E-state index < -0.39 is 18.0 Å². The summed E-state index contributed by atoms with van der Waals surface area (Å²) in [6.07, 6.45) is -0.473. The van der Waals surface area contributed by atoms with Gasteiger partial charge in [-0.3, -0.25) is 0 Å². The Morgan fingerprint density at radius 1 is 1.07 bits per heavy atom. The number of hydrogen-bond acceptors (Lipinski definition) is 6. The number of methoxy groups -OCH3 is 1. The van der Waals surface area contributed by atoms with E-state index in [0.717, 1.165) is 11.3 Å². The summed E-state index contributed by atoms with van der Waals surface area (Å²) in [6, 6.07) is 11.1. The van der Waals surface area contributed by atoms with Crippen LogP contribution in [0.1, 0.15) is 22.3 Å². The molecule has 2 aromatic carbocycles. The molecule has 0 aliphatic heterocycles. The van der Waals surface area contributed by atoms with Gasteiger partial charge in [0.25, 0.3) is 0 Å². The number of carbonyl (C=O) groups is 1. The van der Waals surface area contributed by atoms with E-state index in [1.165, 1.54) is 0 Å². The van der Waals surface area contributed by atoms with E-state index in [1.54, 1.807) is 33.1 Å². The zero-order valence-corrected chi connectivity index (χ0v) is 15.3. The number of ether oxygens (including phenoxy) is 2. The van der Waals surface area contributed by atoms with E-state index in [0.29, 0.717) is 34.5 Å². The summed E-state index contributed by atoms with van der Waals surface area (Å²) in [5.74, 6) is 0.0414. The van der Waals surface area contributed by atoms with E-state index in [1.807, 2.05) is 24.3 Å². The second-order valence-electron chi connectivity index (χ2n) is 6.24. The molecule has 0 fully saturated rings. The number of fused-ring (bicyclic) bond motifs is 1. The molecule has 0 bridgehead atoms. The normalized spacial score (nSPS) is 10.8. The molecule has 0 N–H and O–H groups in total. The molecule has 1 aromatic heterocycles. The number of carbonyl (C=O) groups excluding carboxylic acids is 1. The number of aliphatic carboxylic acids is 1. The molecule has 1 heterocycles. The topological polar surface area (TPSA) is 88.8 Å².